The standard InChI is InChI=1S/C22H20FNO/c23-21-8-5-17(6-9-21)18-7-10-22(25)20(13-18)15-24-12-11-16-3-1-2-4-19(16)14-24/h1-10,13,25H,11-12,14-15H2. The number of phenols is 1. The molecule has 3 aromatic rings. The van der Waals surface area contributed by atoms with Gasteiger partial charge in [0.25, 0.3) is 0 Å². The average Bonchev–Trinajstić information content (AvgIpc) is 2.64. The van der Waals surface area contributed by atoms with Crippen LogP contribution in [0.3, 0.4) is 0 Å². The van der Waals surface area contributed by atoms with Gasteiger partial charge < -0.3 is 5.11 Å². The highest BCUT2D eigenvalue weighted by Crippen LogP contribution is 2.28. The zero-order valence-corrected chi connectivity index (χ0v) is 14.0. The minimum Gasteiger partial charge on any atom is -0.508 e. The zero-order chi connectivity index (χ0) is 17.2. The van der Waals surface area contributed by atoms with Crippen molar-refractivity contribution < 1.29 is 9.50 Å². The van der Waals surface area contributed by atoms with E-state index in [1.807, 2.05) is 12.1 Å². The van der Waals surface area contributed by atoms with Crippen molar-refractivity contribution in [1.82, 2.24) is 4.90 Å². The van der Waals surface area contributed by atoms with Crippen LogP contribution in [-0.2, 0) is 19.5 Å². The second kappa shape index (κ2) is 6.69. The van der Waals surface area contributed by atoms with Crippen LogP contribution in [0.1, 0.15) is 16.7 Å². The Bertz CT molecular complexity index is 889. The van der Waals surface area contributed by atoms with Crippen molar-refractivity contribution in [3.8, 4) is 16.9 Å². The highest BCUT2D eigenvalue weighted by molar-refractivity contribution is 5.65. The lowest BCUT2D eigenvalue weighted by Crippen LogP contribution is -2.30. The molecule has 0 saturated heterocycles. The monoisotopic (exact) mass is 333 g/mol. The summed E-state index contributed by atoms with van der Waals surface area (Å²) in [7, 11) is 0. The number of halogens is 1. The van der Waals surface area contributed by atoms with Crippen molar-refractivity contribution in [1.29, 1.82) is 0 Å². The lowest BCUT2D eigenvalue weighted by molar-refractivity contribution is 0.242. The van der Waals surface area contributed by atoms with Crippen LogP contribution in [0, 0.1) is 5.82 Å². The van der Waals surface area contributed by atoms with Crippen LogP contribution in [0.15, 0.2) is 66.7 Å². The van der Waals surface area contributed by atoms with Gasteiger partial charge >= 0.3 is 0 Å². The molecule has 0 aromatic heterocycles. The first-order chi connectivity index (χ1) is 12.2. The fraction of sp³-hybridized carbons (Fsp3) is 0.182. The van der Waals surface area contributed by atoms with Crippen LogP contribution in [0.25, 0.3) is 11.1 Å². The largest absolute Gasteiger partial charge is 0.508 e. The summed E-state index contributed by atoms with van der Waals surface area (Å²) >= 11 is 0. The molecule has 0 saturated carbocycles. The van der Waals surface area contributed by atoms with Gasteiger partial charge in [-0.05, 0) is 52.9 Å². The second-order valence-electron chi connectivity index (χ2n) is 6.58. The molecule has 126 valence electrons. The van der Waals surface area contributed by atoms with Crippen LogP contribution >= 0.6 is 0 Å². The Morgan fingerprint density at radius 1 is 0.880 bits per heavy atom. The van der Waals surface area contributed by atoms with Crippen molar-refractivity contribution in [3.05, 3.63) is 89.2 Å². The Morgan fingerprint density at radius 3 is 2.40 bits per heavy atom. The van der Waals surface area contributed by atoms with E-state index in [4.69, 9.17) is 0 Å². The van der Waals surface area contributed by atoms with Gasteiger partial charge in [-0.2, -0.15) is 0 Å². The predicted molar refractivity (Wildman–Crippen MR) is 97.8 cm³/mol. The maximum absolute atomic E-state index is 13.1. The van der Waals surface area contributed by atoms with E-state index in [0.29, 0.717) is 12.3 Å². The van der Waals surface area contributed by atoms with E-state index < -0.39 is 0 Å². The van der Waals surface area contributed by atoms with Crippen LogP contribution in [0.5, 0.6) is 5.75 Å². The van der Waals surface area contributed by atoms with Crippen LogP contribution in [0.2, 0.25) is 0 Å². The third-order valence-electron chi connectivity index (χ3n) is 4.86. The summed E-state index contributed by atoms with van der Waals surface area (Å²) in [6, 6.07) is 20.6. The quantitative estimate of drug-likeness (QED) is 0.747. The molecule has 4 rings (SSSR count). The molecule has 1 aliphatic rings. The summed E-state index contributed by atoms with van der Waals surface area (Å²) in [5, 5.41) is 10.3. The molecule has 1 N–H and O–H groups in total. The number of aromatic hydroxyl groups is 1. The Morgan fingerprint density at radius 2 is 1.60 bits per heavy atom. The van der Waals surface area contributed by atoms with Crippen LogP contribution < -0.4 is 0 Å². The predicted octanol–water partition coefficient (Wildman–Crippen LogP) is 4.76. The fourth-order valence-electron chi connectivity index (χ4n) is 3.46. The number of hydrogen-bond donors (Lipinski definition) is 1. The van der Waals surface area contributed by atoms with Gasteiger partial charge in [0.05, 0.1) is 0 Å². The van der Waals surface area contributed by atoms with E-state index in [1.54, 1.807) is 18.2 Å². The maximum Gasteiger partial charge on any atom is 0.123 e. The van der Waals surface area contributed by atoms with Gasteiger partial charge in [0, 0.05) is 25.2 Å². The molecule has 0 radical (unpaired) electrons. The Balaban J connectivity index is 1.56. The van der Waals surface area contributed by atoms with E-state index in [-0.39, 0.29) is 5.82 Å². The molecular weight excluding hydrogens is 313 g/mol. The summed E-state index contributed by atoms with van der Waals surface area (Å²) in [6.45, 7) is 2.59. The minimum absolute atomic E-state index is 0.241. The molecule has 0 aliphatic carbocycles. The Hall–Kier alpha value is -2.65. The first-order valence-corrected chi connectivity index (χ1v) is 8.56. The summed E-state index contributed by atoms with van der Waals surface area (Å²) in [5.74, 6) is 0.0689. The molecule has 0 atom stereocenters. The molecule has 0 bridgehead atoms. The van der Waals surface area contributed by atoms with E-state index in [1.165, 1.54) is 23.3 Å². The molecule has 0 fully saturated rings. The lowest BCUT2D eigenvalue weighted by Gasteiger charge is -2.29. The highest BCUT2D eigenvalue weighted by atomic mass is 19.1. The number of benzene rings is 3. The van der Waals surface area contributed by atoms with Gasteiger partial charge in [-0.15, -0.1) is 0 Å². The van der Waals surface area contributed by atoms with Crippen molar-refractivity contribution in [2.24, 2.45) is 0 Å². The van der Waals surface area contributed by atoms with Gasteiger partial charge in [-0.25, -0.2) is 4.39 Å². The molecule has 3 aromatic carbocycles. The summed E-state index contributed by atoms with van der Waals surface area (Å²) in [4.78, 5) is 2.35. The normalized spacial score (nSPS) is 14.3. The van der Waals surface area contributed by atoms with E-state index in [9.17, 15) is 9.50 Å². The van der Waals surface area contributed by atoms with Crippen molar-refractivity contribution >= 4 is 0 Å². The topological polar surface area (TPSA) is 23.5 Å². The molecule has 25 heavy (non-hydrogen) atoms. The molecule has 1 heterocycles. The minimum atomic E-state index is -0.241. The highest BCUT2D eigenvalue weighted by Gasteiger charge is 2.17. The van der Waals surface area contributed by atoms with Crippen LogP contribution in [-0.4, -0.2) is 16.6 Å². The van der Waals surface area contributed by atoms with E-state index >= 15 is 0 Å². The molecule has 3 heteroatoms. The maximum atomic E-state index is 13.1. The Kier molecular flexibility index (Phi) is 4.24. The molecular formula is C22H20FNO. The second-order valence-corrected chi connectivity index (χ2v) is 6.58. The molecule has 0 unspecified atom stereocenters. The van der Waals surface area contributed by atoms with Crippen molar-refractivity contribution in [3.63, 3.8) is 0 Å². The smallest absolute Gasteiger partial charge is 0.123 e. The molecule has 0 spiro atoms. The van der Waals surface area contributed by atoms with Gasteiger partial charge in [-0.3, -0.25) is 4.90 Å². The summed E-state index contributed by atoms with van der Waals surface area (Å²) < 4.78 is 13.1. The average molecular weight is 333 g/mol. The van der Waals surface area contributed by atoms with Gasteiger partial charge in [-0.1, -0.05) is 42.5 Å². The fourth-order valence-corrected chi connectivity index (χ4v) is 3.46. The van der Waals surface area contributed by atoms with Gasteiger partial charge in [0.2, 0.25) is 0 Å². The van der Waals surface area contributed by atoms with Gasteiger partial charge in [0.15, 0.2) is 0 Å². The summed E-state index contributed by atoms with van der Waals surface area (Å²) in [5.41, 5.74) is 5.63. The number of nitrogens with zero attached hydrogens (tertiary/aromatic N) is 1. The molecule has 0 amide bonds. The SMILES string of the molecule is Oc1ccc(-c2ccc(F)cc2)cc1CN1CCc2ccccc2C1. The van der Waals surface area contributed by atoms with Gasteiger partial charge in [0.1, 0.15) is 11.6 Å². The third-order valence-corrected chi connectivity index (χ3v) is 4.86. The summed E-state index contributed by atoms with van der Waals surface area (Å²) in [6.07, 6.45) is 1.04. The number of phenolic OH excluding ortho intramolecular Hbond substituents is 1. The first-order valence-electron chi connectivity index (χ1n) is 8.56. The van der Waals surface area contributed by atoms with E-state index in [0.717, 1.165) is 36.2 Å². The first kappa shape index (κ1) is 15.9. The van der Waals surface area contributed by atoms with Crippen molar-refractivity contribution in [2.75, 3.05) is 6.54 Å². The van der Waals surface area contributed by atoms with Crippen molar-refractivity contribution in [2.45, 2.75) is 19.5 Å². The number of hydrogen-bond acceptors (Lipinski definition) is 2. The Labute approximate surface area is 147 Å². The van der Waals surface area contributed by atoms with Crippen LogP contribution in [0.4, 0.5) is 4.39 Å². The molecule has 1 aliphatic heterocycles. The lowest BCUT2D eigenvalue weighted by atomic mass is 9.98. The number of fused-ring (bicyclic) bond motifs is 1. The number of rotatable bonds is 3. The zero-order valence-electron chi connectivity index (χ0n) is 14.0. The van der Waals surface area contributed by atoms with E-state index in [2.05, 4.69) is 29.2 Å². The third kappa shape index (κ3) is 3.42. The molecule has 2 nitrogen and oxygen atoms in total.